The summed E-state index contributed by atoms with van der Waals surface area (Å²) in [6.07, 6.45) is 4.75. The van der Waals surface area contributed by atoms with Crippen molar-refractivity contribution in [2.45, 2.75) is 32.6 Å². The lowest BCUT2D eigenvalue weighted by molar-refractivity contribution is 0.0746. The first-order valence-corrected chi connectivity index (χ1v) is 11.4. The monoisotopic (exact) mass is 417 g/mol. The SMILES string of the molecule is CCCCCCOc1ccc(C(=O)N2CCN(c3ccc4ccccc4n3)CC2)cc1. The molecule has 0 atom stereocenters. The number of hydrogen-bond donors (Lipinski definition) is 0. The van der Waals surface area contributed by atoms with Crippen molar-refractivity contribution in [1.82, 2.24) is 9.88 Å². The molecule has 5 nitrogen and oxygen atoms in total. The van der Waals surface area contributed by atoms with Crippen molar-refractivity contribution >= 4 is 22.6 Å². The van der Waals surface area contributed by atoms with Gasteiger partial charge in [0.1, 0.15) is 11.6 Å². The van der Waals surface area contributed by atoms with Crippen molar-refractivity contribution in [2.24, 2.45) is 0 Å². The molecule has 2 heterocycles. The standard InChI is InChI=1S/C26H31N3O2/c1-2-3-4-7-20-31-23-13-10-22(11-14-23)26(30)29-18-16-28(17-19-29)25-15-12-21-8-5-6-9-24(21)27-25/h5-6,8-15H,2-4,7,16-20H2,1H3. The molecule has 1 saturated heterocycles. The lowest BCUT2D eigenvalue weighted by Gasteiger charge is -2.35. The van der Waals surface area contributed by atoms with Crippen LogP contribution in [-0.4, -0.2) is 48.6 Å². The summed E-state index contributed by atoms with van der Waals surface area (Å²) >= 11 is 0. The average Bonchev–Trinajstić information content (AvgIpc) is 2.84. The van der Waals surface area contributed by atoms with E-state index in [0.29, 0.717) is 13.1 Å². The number of ether oxygens (including phenoxy) is 1. The maximum atomic E-state index is 12.9. The van der Waals surface area contributed by atoms with Crippen LogP contribution in [0.5, 0.6) is 5.75 Å². The highest BCUT2D eigenvalue weighted by molar-refractivity contribution is 5.94. The van der Waals surface area contributed by atoms with Gasteiger partial charge in [0.15, 0.2) is 0 Å². The largest absolute Gasteiger partial charge is 0.494 e. The minimum absolute atomic E-state index is 0.0839. The third-order valence-corrected chi connectivity index (χ3v) is 5.84. The zero-order chi connectivity index (χ0) is 21.5. The van der Waals surface area contributed by atoms with Gasteiger partial charge < -0.3 is 14.5 Å². The van der Waals surface area contributed by atoms with Crippen LogP contribution in [-0.2, 0) is 0 Å². The number of carbonyl (C=O) groups excluding carboxylic acids is 1. The first-order chi connectivity index (χ1) is 15.2. The summed E-state index contributed by atoms with van der Waals surface area (Å²) in [7, 11) is 0. The van der Waals surface area contributed by atoms with Crippen molar-refractivity contribution in [3.8, 4) is 5.75 Å². The van der Waals surface area contributed by atoms with Crippen molar-refractivity contribution in [1.29, 1.82) is 0 Å². The molecule has 0 radical (unpaired) electrons. The van der Waals surface area contributed by atoms with Gasteiger partial charge >= 0.3 is 0 Å². The van der Waals surface area contributed by atoms with Gasteiger partial charge in [-0.1, -0.05) is 44.4 Å². The van der Waals surface area contributed by atoms with Crippen LogP contribution in [0.2, 0.25) is 0 Å². The summed E-state index contributed by atoms with van der Waals surface area (Å²) in [5.74, 6) is 1.90. The normalized spacial score (nSPS) is 14.1. The second-order valence-corrected chi connectivity index (χ2v) is 8.07. The number of carbonyl (C=O) groups is 1. The lowest BCUT2D eigenvalue weighted by Crippen LogP contribution is -2.49. The van der Waals surface area contributed by atoms with Crippen LogP contribution in [0.1, 0.15) is 43.0 Å². The summed E-state index contributed by atoms with van der Waals surface area (Å²) in [5.41, 5.74) is 1.72. The van der Waals surface area contributed by atoms with Crippen LogP contribution in [0.3, 0.4) is 0 Å². The van der Waals surface area contributed by atoms with Gasteiger partial charge in [-0.25, -0.2) is 4.98 Å². The topological polar surface area (TPSA) is 45.7 Å². The first-order valence-electron chi connectivity index (χ1n) is 11.4. The molecule has 4 rings (SSSR count). The number of anilines is 1. The number of nitrogens with zero attached hydrogens (tertiary/aromatic N) is 3. The zero-order valence-electron chi connectivity index (χ0n) is 18.3. The van der Waals surface area contributed by atoms with Gasteiger partial charge in [-0.15, -0.1) is 0 Å². The maximum absolute atomic E-state index is 12.9. The Morgan fingerprint density at radius 1 is 0.903 bits per heavy atom. The molecule has 1 amide bonds. The Labute approximate surface area is 184 Å². The fourth-order valence-electron chi connectivity index (χ4n) is 3.97. The van der Waals surface area contributed by atoms with E-state index in [4.69, 9.17) is 9.72 Å². The molecule has 0 aliphatic carbocycles. The Morgan fingerprint density at radius 2 is 1.68 bits per heavy atom. The third-order valence-electron chi connectivity index (χ3n) is 5.84. The maximum Gasteiger partial charge on any atom is 0.253 e. The summed E-state index contributed by atoms with van der Waals surface area (Å²) < 4.78 is 5.79. The van der Waals surface area contributed by atoms with Crippen LogP contribution in [0.15, 0.2) is 60.7 Å². The molecule has 3 aromatic rings. The van der Waals surface area contributed by atoms with E-state index < -0.39 is 0 Å². The molecular formula is C26H31N3O2. The van der Waals surface area contributed by atoms with E-state index in [9.17, 15) is 4.79 Å². The highest BCUT2D eigenvalue weighted by Crippen LogP contribution is 2.20. The van der Waals surface area contributed by atoms with Gasteiger partial charge in [0.2, 0.25) is 0 Å². The van der Waals surface area contributed by atoms with Crippen LogP contribution in [0, 0.1) is 0 Å². The number of benzene rings is 2. The summed E-state index contributed by atoms with van der Waals surface area (Å²) in [4.78, 5) is 21.9. The van der Waals surface area contributed by atoms with E-state index in [-0.39, 0.29) is 5.91 Å². The molecule has 0 saturated carbocycles. The number of amides is 1. The summed E-state index contributed by atoms with van der Waals surface area (Å²) in [6, 6.07) is 19.9. The van der Waals surface area contributed by atoms with E-state index in [1.54, 1.807) is 0 Å². The summed E-state index contributed by atoms with van der Waals surface area (Å²) in [6.45, 7) is 5.91. The van der Waals surface area contributed by atoms with E-state index in [2.05, 4.69) is 30.0 Å². The van der Waals surface area contributed by atoms with Crippen LogP contribution in [0.25, 0.3) is 10.9 Å². The predicted molar refractivity (Wildman–Crippen MR) is 126 cm³/mol. The molecule has 1 aliphatic heterocycles. The first kappa shape index (κ1) is 21.2. The number of unbranched alkanes of at least 4 members (excludes halogenated alkanes) is 3. The van der Waals surface area contributed by atoms with Gasteiger partial charge in [0.05, 0.1) is 12.1 Å². The fourth-order valence-corrected chi connectivity index (χ4v) is 3.97. The Kier molecular flexibility index (Phi) is 7.03. The van der Waals surface area contributed by atoms with Gasteiger partial charge in [0.25, 0.3) is 5.91 Å². The number of pyridine rings is 1. The van der Waals surface area contributed by atoms with Crippen LogP contribution < -0.4 is 9.64 Å². The van der Waals surface area contributed by atoms with Gasteiger partial charge in [0, 0.05) is 37.1 Å². The predicted octanol–water partition coefficient (Wildman–Crippen LogP) is 5.16. The molecule has 5 heteroatoms. The molecule has 162 valence electrons. The van der Waals surface area contributed by atoms with Crippen molar-refractivity contribution in [2.75, 3.05) is 37.7 Å². The number of rotatable bonds is 8. The van der Waals surface area contributed by atoms with Gasteiger partial charge in [-0.05, 0) is 48.9 Å². The lowest BCUT2D eigenvalue weighted by atomic mass is 10.1. The van der Waals surface area contributed by atoms with Crippen molar-refractivity contribution < 1.29 is 9.53 Å². The minimum Gasteiger partial charge on any atom is -0.494 e. The number of piperazine rings is 1. The minimum atomic E-state index is 0.0839. The molecule has 0 spiro atoms. The molecule has 0 N–H and O–H groups in total. The second kappa shape index (κ2) is 10.3. The molecule has 1 fully saturated rings. The van der Waals surface area contributed by atoms with E-state index >= 15 is 0 Å². The fraction of sp³-hybridized carbons (Fsp3) is 0.385. The Bertz CT molecular complexity index is 995. The molecule has 0 unspecified atom stereocenters. The Balaban J connectivity index is 1.29. The zero-order valence-corrected chi connectivity index (χ0v) is 18.3. The quantitative estimate of drug-likeness (QED) is 0.475. The molecule has 31 heavy (non-hydrogen) atoms. The van der Waals surface area contributed by atoms with E-state index in [1.807, 2.05) is 47.4 Å². The van der Waals surface area contributed by atoms with Crippen LogP contribution in [0.4, 0.5) is 5.82 Å². The molecule has 1 aromatic heterocycles. The Hall–Kier alpha value is -3.08. The number of fused-ring (bicyclic) bond motifs is 1. The molecular weight excluding hydrogens is 386 g/mol. The van der Waals surface area contributed by atoms with E-state index in [1.165, 1.54) is 19.3 Å². The van der Waals surface area contributed by atoms with Gasteiger partial charge in [-0.2, -0.15) is 0 Å². The average molecular weight is 418 g/mol. The van der Waals surface area contributed by atoms with E-state index in [0.717, 1.165) is 54.2 Å². The van der Waals surface area contributed by atoms with Crippen molar-refractivity contribution in [3.63, 3.8) is 0 Å². The number of hydrogen-bond acceptors (Lipinski definition) is 4. The van der Waals surface area contributed by atoms with Gasteiger partial charge in [-0.3, -0.25) is 4.79 Å². The van der Waals surface area contributed by atoms with Crippen LogP contribution >= 0.6 is 0 Å². The number of para-hydroxylation sites is 1. The highest BCUT2D eigenvalue weighted by atomic mass is 16.5. The smallest absolute Gasteiger partial charge is 0.253 e. The van der Waals surface area contributed by atoms with Crippen molar-refractivity contribution in [3.05, 3.63) is 66.2 Å². The second-order valence-electron chi connectivity index (χ2n) is 8.07. The number of aromatic nitrogens is 1. The highest BCUT2D eigenvalue weighted by Gasteiger charge is 2.23. The Morgan fingerprint density at radius 3 is 2.45 bits per heavy atom. The molecule has 0 bridgehead atoms. The molecule has 2 aromatic carbocycles. The third kappa shape index (κ3) is 5.35. The summed E-state index contributed by atoms with van der Waals surface area (Å²) in [5, 5.41) is 1.15. The molecule has 1 aliphatic rings.